The number of benzene rings is 2. The number of allylic oxidation sites excluding steroid dienone is 2. The SMILES string of the molecule is C[C@]1(NC(=O)C2CCC(C(=N)c3cccc(C4CC(F)(F)C4)c3)=C(Nc3ccc(F)cc3)C2)CCS(=O)(=O)C1. The highest BCUT2D eigenvalue weighted by Gasteiger charge is 2.46. The van der Waals surface area contributed by atoms with Gasteiger partial charge in [0.2, 0.25) is 11.8 Å². The molecule has 5 rings (SSSR count). The first-order valence-corrected chi connectivity index (χ1v) is 15.0. The molecule has 3 N–H and O–H groups in total. The molecule has 2 aliphatic carbocycles. The molecule has 2 fully saturated rings. The summed E-state index contributed by atoms with van der Waals surface area (Å²) in [7, 11) is -3.19. The Morgan fingerprint density at radius 1 is 1.10 bits per heavy atom. The maximum atomic E-state index is 13.5. The number of sulfone groups is 1. The monoisotopic (exact) mass is 559 g/mol. The minimum atomic E-state index is -3.19. The van der Waals surface area contributed by atoms with Crippen LogP contribution >= 0.6 is 0 Å². The summed E-state index contributed by atoms with van der Waals surface area (Å²) in [5.74, 6) is -3.97. The molecule has 1 unspecified atom stereocenters. The van der Waals surface area contributed by atoms with E-state index in [0.29, 0.717) is 41.8 Å². The van der Waals surface area contributed by atoms with Crippen molar-refractivity contribution >= 4 is 27.1 Å². The molecular weight excluding hydrogens is 527 g/mol. The number of carbonyl (C=O) groups is 1. The van der Waals surface area contributed by atoms with Crippen LogP contribution in [0.25, 0.3) is 0 Å². The van der Waals surface area contributed by atoms with Crippen LogP contribution in [0.1, 0.15) is 62.5 Å². The van der Waals surface area contributed by atoms with Gasteiger partial charge in [0.05, 0.1) is 22.8 Å². The topological polar surface area (TPSA) is 99.1 Å². The highest BCUT2D eigenvalue weighted by atomic mass is 32.2. The zero-order chi connectivity index (χ0) is 28.0. The van der Waals surface area contributed by atoms with Gasteiger partial charge in [0.25, 0.3) is 0 Å². The fourth-order valence-electron chi connectivity index (χ4n) is 5.80. The third-order valence-corrected chi connectivity index (χ3v) is 9.94. The normalized spacial score (nSPS) is 26.1. The number of anilines is 1. The Bertz CT molecular complexity index is 1430. The van der Waals surface area contributed by atoms with Gasteiger partial charge in [-0.3, -0.25) is 10.2 Å². The largest absolute Gasteiger partial charge is 0.359 e. The highest BCUT2D eigenvalue weighted by Crippen LogP contribution is 2.48. The van der Waals surface area contributed by atoms with E-state index in [2.05, 4.69) is 10.6 Å². The fraction of sp³-hybridized carbons (Fsp3) is 0.448. The van der Waals surface area contributed by atoms with Crippen LogP contribution in [-0.2, 0) is 14.6 Å². The van der Waals surface area contributed by atoms with Crippen molar-refractivity contribution in [1.29, 1.82) is 5.41 Å². The lowest BCUT2D eigenvalue weighted by atomic mass is 9.76. The van der Waals surface area contributed by atoms with Crippen molar-refractivity contribution in [1.82, 2.24) is 5.32 Å². The second kappa shape index (κ2) is 10.1. The standard InChI is InChI=1S/C29H32F3N3O3S/c1-28(11-12-39(37,38)17-28)35-27(36)20-5-10-24(25(14-20)34-23-8-6-22(30)7-9-23)26(33)19-4-2-3-18(13-19)21-15-29(31,32)16-21/h2-4,6-9,13,20-21,33-34H,5,10-12,14-17H2,1H3,(H,35,36)/t20?,28-/m0/s1. The minimum Gasteiger partial charge on any atom is -0.359 e. The lowest BCUT2D eigenvalue weighted by Gasteiger charge is -2.35. The van der Waals surface area contributed by atoms with Crippen molar-refractivity contribution in [3.05, 3.63) is 76.7 Å². The average Bonchev–Trinajstić information content (AvgIpc) is 3.15. The van der Waals surface area contributed by atoms with Crippen LogP contribution < -0.4 is 10.6 Å². The summed E-state index contributed by atoms with van der Waals surface area (Å²) in [6.07, 6.45) is 1.15. The van der Waals surface area contributed by atoms with Gasteiger partial charge in [0, 0.05) is 35.7 Å². The zero-order valence-electron chi connectivity index (χ0n) is 21.7. The number of halogens is 3. The zero-order valence-corrected chi connectivity index (χ0v) is 22.5. The quantitative estimate of drug-likeness (QED) is 0.387. The first kappa shape index (κ1) is 27.4. The Hall–Kier alpha value is -3.14. The van der Waals surface area contributed by atoms with Crippen LogP contribution in [0.2, 0.25) is 0 Å². The van der Waals surface area contributed by atoms with E-state index in [1.165, 1.54) is 12.1 Å². The number of nitrogens with one attached hydrogen (secondary N) is 3. The maximum absolute atomic E-state index is 13.5. The van der Waals surface area contributed by atoms with E-state index in [9.17, 15) is 26.4 Å². The van der Waals surface area contributed by atoms with Crippen LogP contribution in [0.5, 0.6) is 0 Å². The highest BCUT2D eigenvalue weighted by molar-refractivity contribution is 7.91. The van der Waals surface area contributed by atoms with Gasteiger partial charge in [-0.15, -0.1) is 0 Å². The molecule has 0 aromatic heterocycles. The predicted octanol–water partition coefficient (Wildman–Crippen LogP) is 5.57. The van der Waals surface area contributed by atoms with Crippen LogP contribution in [-0.4, -0.2) is 43.0 Å². The number of amides is 1. The van der Waals surface area contributed by atoms with Gasteiger partial charge in [0.1, 0.15) is 5.82 Å². The number of alkyl halides is 2. The molecule has 3 aliphatic rings. The van der Waals surface area contributed by atoms with Crippen molar-refractivity contribution in [2.75, 3.05) is 16.8 Å². The van der Waals surface area contributed by atoms with Gasteiger partial charge in [-0.25, -0.2) is 21.6 Å². The Balaban J connectivity index is 1.39. The van der Waals surface area contributed by atoms with Gasteiger partial charge < -0.3 is 10.6 Å². The molecule has 1 saturated heterocycles. The number of carbonyl (C=O) groups excluding carboxylic acids is 1. The molecule has 2 atom stereocenters. The van der Waals surface area contributed by atoms with Gasteiger partial charge in [0.15, 0.2) is 9.84 Å². The van der Waals surface area contributed by atoms with Crippen molar-refractivity contribution in [2.45, 2.75) is 62.8 Å². The van der Waals surface area contributed by atoms with E-state index in [0.717, 1.165) is 5.56 Å². The smallest absolute Gasteiger partial charge is 0.249 e. The van der Waals surface area contributed by atoms with E-state index in [4.69, 9.17) is 5.41 Å². The fourth-order valence-corrected chi connectivity index (χ4v) is 7.90. The maximum Gasteiger partial charge on any atom is 0.249 e. The third kappa shape index (κ3) is 6.21. The number of hydrogen-bond acceptors (Lipinski definition) is 5. The van der Waals surface area contributed by atoms with Gasteiger partial charge >= 0.3 is 0 Å². The molecule has 0 radical (unpaired) electrons. The molecule has 1 aliphatic heterocycles. The van der Waals surface area contributed by atoms with Crippen LogP contribution in [0.3, 0.4) is 0 Å². The van der Waals surface area contributed by atoms with Gasteiger partial charge in [-0.2, -0.15) is 0 Å². The molecule has 1 saturated carbocycles. The molecular formula is C29H32F3N3O3S. The Morgan fingerprint density at radius 2 is 1.82 bits per heavy atom. The van der Waals surface area contributed by atoms with Gasteiger partial charge in [-0.1, -0.05) is 18.2 Å². The van der Waals surface area contributed by atoms with E-state index in [1.807, 2.05) is 6.07 Å². The summed E-state index contributed by atoms with van der Waals surface area (Å²) in [6, 6.07) is 13.0. The molecule has 2 aromatic carbocycles. The first-order chi connectivity index (χ1) is 18.3. The number of rotatable bonds is 7. The second-order valence-corrected chi connectivity index (χ2v) is 13.6. The molecule has 0 spiro atoms. The lowest BCUT2D eigenvalue weighted by Crippen LogP contribution is -2.49. The second-order valence-electron chi connectivity index (χ2n) is 11.4. The first-order valence-electron chi connectivity index (χ1n) is 13.2. The van der Waals surface area contributed by atoms with E-state index in [1.54, 1.807) is 37.3 Å². The summed E-state index contributed by atoms with van der Waals surface area (Å²) in [4.78, 5) is 13.3. The molecule has 39 heavy (non-hydrogen) atoms. The summed E-state index contributed by atoms with van der Waals surface area (Å²) in [6.45, 7) is 1.75. The van der Waals surface area contributed by atoms with Crippen molar-refractivity contribution in [3.63, 3.8) is 0 Å². The molecule has 2 aromatic rings. The minimum absolute atomic E-state index is 0.0462. The van der Waals surface area contributed by atoms with Crippen molar-refractivity contribution < 1.29 is 26.4 Å². The molecule has 1 amide bonds. The van der Waals surface area contributed by atoms with Crippen LogP contribution in [0.15, 0.2) is 59.8 Å². The van der Waals surface area contributed by atoms with E-state index >= 15 is 0 Å². The average molecular weight is 560 g/mol. The Morgan fingerprint density at radius 3 is 2.46 bits per heavy atom. The Labute approximate surface area is 226 Å². The summed E-state index contributed by atoms with van der Waals surface area (Å²) >= 11 is 0. The number of hydrogen-bond donors (Lipinski definition) is 3. The van der Waals surface area contributed by atoms with Crippen LogP contribution in [0.4, 0.5) is 18.9 Å². The third-order valence-electron chi connectivity index (χ3n) is 8.03. The summed E-state index contributed by atoms with van der Waals surface area (Å²) < 4.78 is 64.4. The van der Waals surface area contributed by atoms with Crippen molar-refractivity contribution in [2.24, 2.45) is 5.92 Å². The van der Waals surface area contributed by atoms with E-state index in [-0.39, 0.29) is 54.1 Å². The molecule has 0 bridgehead atoms. The lowest BCUT2D eigenvalue weighted by molar-refractivity contribution is -0.126. The summed E-state index contributed by atoms with van der Waals surface area (Å²) in [5, 5.41) is 15.2. The molecule has 1 heterocycles. The molecule has 6 nitrogen and oxygen atoms in total. The Kier molecular flexibility index (Phi) is 7.11. The van der Waals surface area contributed by atoms with Gasteiger partial charge in [-0.05, 0) is 80.0 Å². The van der Waals surface area contributed by atoms with Crippen LogP contribution in [0, 0.1) is 17.1 Å². The summed E-state index contributed by atoms with van der Waals surface area (Å²) in [5.41, 5.74) is 2.80. The molecule has 10 heteroatoms. The molecule has 208 valence electrons. The predicted molar refractivity (Wildman–Crippen MR) is 144 cm³/mol. The van der Waals surface area contributed by atoms with E-state index < -0.39 is 27.2 Å². The van der Waals surface area contributed by atoms with Crippen molar-refractivity contribution in [3.8, 4) is 0 Å².